The predicted molar refractivity (Wildman–Crippen MR) is 76.2 cm³/mol. The van der Waals surface area contributed by atoms with Crippen LogP contribution in [-0.4, -0.2) is 48.1 Å². The molecule has 18 heavy (non-hydrogen) atoms. The van der Waals surface area contributed by atoms with Crippen molar-refractivity contribution in [2.45, 2.75) is 31.2 Å². The van der Waals surface area contributed by atoms with Crippen LogP contribution in [0.3, 0.4) is 0 Å². The zero-order valence-corrected chi connectivity index (χ0v) is 11.7. The molecule has 1 aromatic heterocycles. The summed E-state index contributed by atoms with van der Waals surface area (Å²) < 4.78 is 0. The van der Waals surface area contributed by atoms with Gasteiger partial charge in [0.1, 0.15) is 0 Å². The van der Waals surface area contributed by atoms with E-state index in [-0.39, 0.29) is 5.54 Å². The van der Waals surface area contributed by atoms with Crippen LogP contribution in [0, 0.1) is 0 Å². The third-order valence-electron chi connectivity index (χ3n) is 4.34. The van der Waals surface area contributed by atoms with Crippen molar-refractivity contribution < 1.29 is 0 Å². The van der Waals surface area contributed by atoms with Gasteiger partial charge in [-0.15, -0.1) is 11.3 Å². The molecule has 2 N–H and O–H groups in total. The SMILES string of the molecule is NC1(CCN2CCN(c3nccs3)CC2)CCC1. The Morgan fingerprint density at radius 3 is 2.61 bits per heavy atom. The minimum Gasteiger partial charge on any atom is -0.346 e. The molecule has 2 heterocycles. The zero-order valence-electron chi connectivity index (χ0n) is 10.8. The molecule has 0 unspecified atom stereocenters. The number of nitrogens with zero attached hydrogens (tertiary/aromatic N) is 3. The van der Waals surface area contributed by atoms with E-state index in [1.807, 2.05) is 6.20 Å². The summed E-state index contributed by atoms with van der Waals surface area (Å²) in [7, 11) is 0. The zero-order chi connectivity index (χ0) is 12.4. The van der Waals surface area contributed by atoms with Crippen LogP contribution in [0.25, 0.3) is 0 Å². The maximum Gasteiger partial charge on any atom is 0.185 e. The Labute approximate surface area is 113 Å². The van der Waals surface area contributed by atoms with E-state index in [1.54, 1.807) is 11.3 Å². The molecule has 1 saturated heterocycles. The molecule has 1 aliphatic carbocycles. The van der Waals surface area contributed by atoms with Crippen LogP contribution >= 0.6 is 11.3 Å². The van der Waals surface area contributed by atoms with E-state index in [1.165, 1.54) is 37.4 Å². The summed E-state index contributed by atoms with van der Waals surface area (Å²) in [5.74, 6) is 0. The number of hydrogen-bond acceptors (Lipinski definition) is 5. The molecule has 0 aromatic carbocycles. The van der Waals surface area contributed by atoms with Crippen molar-refractivity contribution in [1.82, 2.24) is 9.88 Å². The van der Waals surface area contributed by atoms with Crippen LogP contribution in [0.2, 0.25) is 0 Å². The second-order valence-corrected chi connectivity index (χ2v) is 6.48. The summed E-state index contributed by atoms with van der Waals surface area (Å²) in [5.41, 5.74) is 6.45. The molecule has 3 rings (SSSR count). The minimum absolute atomic E-state index is 0.173. The van der Waals surface area contributed by atoms with Crippen LogP contribution in [0.1, 0.15) is 25.7 Å². The van der Waals surface area contributed by atoms with Crippen molar-refractivity contribution in [2.24, 2.45) is 5.73 Å². The van der Waals surface area contributed by atoms with Gasteiger partial charge < -0.3 is 10.6 Å². The van der Waals surface area contributed by atoms with Crippen LogP contribution in [0.5, 0.6) is 0 Å². The Bertz CT molecular complexity index is 366. The summed E-state index contributed by atoms with van der Waals surface area (Å²) in [6.45, 7) is 5.67. The van der Waals surface area contributed by atoms with Gasteiger partial charge in [0.05, 0.1) is 0 Å². The van der Waals surface area contributed by atoms with Gasteiger partial charge in [0, 0.05) is 49.8 Å². The van der Waals surface area contributed by atoms with Crippen molar-refractivity contribution >= 4 is 16.5 Å². The van der Waals surface area contributed by atoms with Crippen molar-refractivity contribution in [3.8, 4) is 0 Å². The predicted octanol–water partition coefficient (Wildman–Crippen LogP) is 1.54. The lowest BCUT2D eigenvalue weighted by Gasteiger charge is -2.41. The standard InChI is InChI=1S/C13H22N4S/c14-13(2-1-3-13)4-6-16-7-9-17(10-8-16)12-15-5-11-18-12/h5,11H,1-4,6-10,14H2. The van der Waals surface area contributed by atoms with E-state index in [2.05, 4.69) is 20.2 Å². The lowest BCUT2D eigenvalue weighted by molar-refractivity contribution is 0.176. The lowest BCUT2D eigenvalue weighted by Crippen LogP contribution is -2.51. The molecular weight excluding hydrogens is 244 g/mol. The molecular formula is C13H22N4S. The second-order valence-electron chi connectivity index (χ2n) is 5.61. The molecule has 100 valence electrons. The maximum absolute atomic E-state index is 6.28. The van der Waals surface area contributed by atoms with Gasteiger partial charge in [0.15, 0.2) is 5.13 Å². The van der Waals surface area contributed by atoms with Crippen molar-refractivity contribution in [3.05, 3.63) is 11.6 Å². The molecule has 0 amide bonds. The van der Waals surface area contributed by atoms with Gasteiger partial charge in [0.2, 0.25) is 0 Å². The van der Waals surface area contributed by atoms with Crippen LogP contribution in [0.15, 0.2) is 11.6 Å². The highest BCUT2D eigenvalue weighted by molar-refractivity contribution is 7.13. The minimum atomic E-state index is 0.173. The largest absolute Gasteiger partial charge is 0.346 e. The quantitative estimate of drug-likeness (QED) is 0.898. The molecule has 2 aliphatic rings. The number of piperazine rings is 1. The van der Waals surface area contributed by atoms with Crippen LogP contribution in [-0.2, 0) is 0 Å². The van der Waals surface area contributed by atoms with Crippen molar-refractivity contribution in [2.75, 3.05) is 37.6 Å². The Kier molecular flexibility index (Phi) is 3.54. The second kappa shape index (κ2) is 5.15. The van der Waals surface area contributed by atoms with Gasteiger partial charge in [-0.05, 0) is 25.7 Å². The van der Waals surface area contributed by atoms with Gasteiger partial charge in [-0.1, -0.05) is 0 Å². The van der Waals surface area contributed by atoms with Gasteiger partial charge in [-0.3, -0.25) is 4.90 Å². The molecule has 0 atom stereocenters. The first kappa shape index (κ1) is 12.4. The average Bonchev–Trinajstić information content (AvgIpc) is 2.88. The van der Waals surface area contributed by atoms with E-state index in [9.17, 15) is 0 Å². The third-order valence-corrected chi connectivity index (χ3v) is 5.17. The number of nitrogens with two attached hydrogens (primary N) is 1. The first-order chi connectivity index (χ1) is 8.75. The molecule has 0 radical (unpaired) electrons. The Morgan fingerprint density at radius 2 is 2.06 bits per heavy atom. The van der Waals surface area contributed by atoms with Gasteiger partial charge in [-0.25, -0.2) is 4.98 Å². The molecule has 2 fully saturated rings. The number of thiazole rings is 1. The Morgan fingerprint density at radius 1 is 1.28 bits per heavy atom. The highest BCUT2D eigenvalue weighted by Gasteiger charge is 2.32. The number of anilines is 1. The summed E-state index contributed by atoms with van der Waals surface area (Å²) in [5, 5.41) is 3.22. The Balaban J connectivity index is 1.43. The third kappa shape index (κ3) is 2.68. The molecule has 1 aromatic rings. The van der Waals surface area contributed by atoms with Crippen LogP contribution < -0.4 is 10.6 Å². The highest BCUT2D eigenvalue weighted by atomic mass is 32.1. The monoisotopic (exact) mass is 266 g/mol. The van der Waals surface area contributed by atoms with Crippen LogP contribution in [0.4, 0.5) is 5.13 Å². The number of rotatable bonds is 4. The smallest absolute Gasteiger partial charge is 0.185 e. The highest BCUT2D eigenvalue weighted by Crippen LogP contribution is 2.32. The molecule has 4 nitrogen and oxygen atoms in total. The van der Waals surface area contributed by atoms with Gasteiger partial charge in [-0.2, -0.15) is 0 Å². The molecule has 1 aliphatic heterocycles. The first-order valence-corrected chi connectivity index (χ1v) is 7.79. The summed E-state index contributed by atoms with van der Waals surface area (Å²) >= 11 is 1.74. The normalized spacial score (nSPS) is 23.9. The van der Waals surface area contributed by atoms with E-state index >= 15 is 0 Å². The van der Waals surface area contributed by atoms with E-state index in [0.717, 1.165) is 26.2 Å². The summed E-state index contributed by atoms with van der Waals surface area (Å²) in [6.07, 6.45) is 6.85. The summed E-state index contributed by atoms with van der Waals surface area (Å²) in [4.78, 5) is 9.32. The molecule has 0 spiro atoms. The van der Waals surface area contributed by atoms with E-state index in [0.29, 0.717) is 0 Å². The summed E-state index contributed by atoms with van der Waals surface area (Å²) in [6, 6.07) is 0. The maximum atomic E-state index is 6.28. The first-order valence-electron chi connectivity index (χ1n) is 6.91. The number of aromatic nitrogens is 1. The Hall–Kier alpha value is -0.650. The molecule has 0 bridgehead atoms. The fourth-order valence-electron chi connectivity index (χ4n) is 2.80. The fourth-order valence-corrected chi connectivity index (χ4v) is 3.49. The fraction of sp³-hybridized carbons (Fsp3) is 0.769. The topological polar surface area (TPSA) is 45.4 Å². The lowest BCUT2D eigenvalue weighted by atomic mass is 9.75. The van der Waals surface area contributed by atoms with Crippen molar-refractivity contribution in [1.29, 1.82) is 0 Å². The molecule has 1 saturated carbocycles. The van der Waals surface area contributed by atoms with Gasteiger partial charge >= 0.3 is 0 Å². The average molecular weight is 266 g/mol. The van der Waals surface area contributed by atoms with E-state index < -0.39 is 0 Å². The van der Waals surface area contributed by atoms with Crippen molar-refractivity contribution in [3.63, 3.8) is 0 Å². The van der Waals surface area contributed by atoms with Gasteiger partial charge in [0.25, 0.3) is 0 Å². The van der Waals surface area contributed by atoms with E-state index in [4.69, 9.17) is 5.73 Å². The number of hydrogen-bond donors (Lipinski definition) is 1. The molecule has 5 heteroatoms.